The summed E-state index contributed by atoms with van der Waals surface area (Å²) in [6, 6.07) is 7.67. The summed E-state index contributed by atoms with van der Waals surface area (Å²) in [5.74, 6) is 1.69. The van der Waals surface area contributed by atoms with E-state index in [4.69, 9.17) is 14.7 Å². The number of amides is 2. The molecule has 0 aliphatic carbocycles. The van der Waals surface area contributed by atoms with Crippen molar-refractivity contribution in [1.29, 1.82) is 0 Å². The van der Waals surface area contributed by atoms with E-state index in [1.807, 2.05) is 45.0 Å². The molecule has 4 rings (SSSR count). The van der Waals surface area contributed by atoms with Gasteiger partial charge >= 0.3 is 6.03 Å². The summed E-state index contributed by atoms with van der Waals surface area (Å²) in [5.41, 5.74) is 3.21. The highest BCUT2D eigenvalue weighted by Crippen LogP contribution is 2.32. The van der Waals surface area contributed by atoms with Crippen molar-refractivity contribution in [3.05, 3.63) is 35.5 Å². The van der Waals surface area contributed by atoms with Crippen molar-refractivity contribution < 1.29 is 14.6 Å². The lowest BCUT2D eigenvalue weighted by atomic mass is 10.0. The molecule has 1 aromatic heterocycles. The van der Waals surface area contributed by atoms with Gasteiger partial charge in [0, 0.05) is 49.5 Å². The molecular formula is C26H38N6O3. The first-order chi connectivity index (χ1) is 16.7. The average Bonchev–Trinajstić information content (AvgIpc) is 2.82. The molecular weight excluding hydrogens is 444 g/mol. The van der Waals surface area contributed by atoms with Crippen LogP contribution in [0.3, 0.4) is 0 Å². The standard InChI is InChI=1S/C26H38N6O3/c1-5-27-25(33)28-20-8-6-19(7-9-20)23-29-22-16-31(13-11-26(3,4)34)12-10-21(22)24(30-23)32-14-15-35-17-18(32)2/h6-9,18,34H,5,10-17H2,1-4H3,(H2,27,28,33). The zero-order valence-corrected chi connectivity index (χ0v) is 21.3. The third kappa shape index (κ3) is 6.48. The van der Waals surface area contributed by atoms with Crippen molar-refractivity contribution in [1.82, 2.24) is 20.2 Å². The van der Waals surface area contributed by atoms with Gasteiger partial charge in [-0.15, -0.1) is 0 Å². The molecule has 2 aromatic rings. The number of benzene rings is 1. The number of rotatable bonds is 7. The molecule has 9 heteroatoms. The van der Waals surface area contributed by atoms with Crippen LogP contribution in [0.25, 0.3) is 11.4 Å². The maximum atomic E-state index is 11.8. The molecule has 1 aromatic carbocycles. The van der Waals surface area contributed by atoms with E-state index < -0.39 is 5.60 Å². The molecule has 2 aliphatic heterocycles. The van der Waals surface area contributed by atoms with Gasteiger partial charge in [-0.1, -0.05) is 0 Å². The van der Waals surface area contributed by atoms with E-state index in [1.165, 1.54) is 5.56 Å². The van der Waals surface area contributed by atoms with Gasteiger partial charge in [0.15, 0.2) is 5.82 Å². The third-order valence-electron chi connectivity index (χ3n) is 6.54. The van der Waals surface area contributed by atoms with Crippen LogP contribution >= 0.6 is 0 Å². The van der Waals surface area contributed by atoms with Gasteiger partial charge in [0.1, 0.15) is 5.82 Å². The molecule has 0 spiro atoms. The summed E-state index contributed by atoms with van der Waals surface area (Å²) in [6.45, 7) is 13.0. The first kappa shape index (κ1) is 25.3. The molecule has 0 radical (unpaired) electrons. The van der Waals surface area contributed by atoms with Crippen LogP contribution in [0.15, 0.2) is 24.3 Å². The number of morpholine rings is 1. The predicted molar refractivity (Wildman–Crippen MR) is 138 cm³/mol. The first-order valence-corrected chi connectivity index (χ1v) is 12.6. The number of hydrogen-bond acceptors (Lipinski definition) is 7. The van der Waals surface area contributed by atoms with Crippen molar-refractivity contribution >= 4 is 17.5 Å². The Morgan fingerprint density at radius 3 is 2.69 bits per heavy atom. The number of anilines is 2. The molecule has 2 amide bonds. The highest BCUT2D eigenvalue weighted by molar-refractivity contribution is 5.89. The normalized spacial score (nSPS) is 18.8. The Bertz CT molecular complexity index is 1020. The molecule has 0 bridgehead atoms. The lowest BCUT2D eigenvalue weighted by Gasteiger charge is -2.38. The minimum absolute atomic E-state index is 0.222. The van der Waals surface area contributed by atoms with Crippen LogP contribution < -0.4 is 15.5 Å². The Balaban J connectivity index is 1.63. The number of carbonyl (C=O) groups excluding carboxylic acids is 1. The van der Waals surface area contributed by atoms with Crippen LogP contribution in [0.5, 0.6) is 0 Å². The Morgan fingerprint density at radius 1 is 1.23 bits per heavy atom. The number of hydrogen-bond donors (Lipinski definition) is 3. The van der Waals surface area contributed by atoms with Crippen molar-refractivity contribution in [3.63, 3.8) is 0 Å². The molecule has 190 valence electrons. The zero-order valence-electron chi connectivity index (χ0n) is 21.3. The zero-order chi connectivity index (χ0) is 25.0. The van der Waals surface area contributed by atoms with E-state index in [0.29, 0.717) is 32.0 Å². The predicted octanol–water partition coefficient (Wildman–Crippen LogP) is 3.03. The molecule has 2 aliphatic rings. The van der Waals surface area contributed by atoms with E-state index in [2.05, 4.69) is 27.4 Å². The van der Waals surface area contributed by atoms with Crippen LogP contribution in [0.2, 0.25) is 0 Å². The number of fused-ring (bicyclic) bond motifs is 1. The Labute approximate surface area is 207 Å². The molecule has 9 nitrogen and oxygen atoms in total. The number of ether oxygens (including phenoxy) is 1. The van der Waals surface area contributed by atoms with Gasteiger partial charge in [0.25, 0.3) is 0 Å². The molecule has 35 heavy (non-hydrogen) atoms. The number of nitrogens with zero attached hydrogens (tertiary/aromatic N) is 4. The second kappa shape index (κ2) is 10.9. The van der Waals surface area contributed by atoms with E-state index in [-0.39, 0.29) is 12.1 Å². The summed E-state index contributed by atoms with van der Waals surface area (Å²) >= 11 is 0. The van der Waals surface area contributed by atoms with E-state index in [0.717, 1.165) is 55.4 Å². The highest BCUT2D eigenvalue weighted by atomic mass is 16.5. The smallest absolute Gasteiger partial charge is 0.319 e. The third-order valence-corrected chi connectivity index (χ3v) is 6.54. The fourth-order valence-corrected chi connectivity index (χ4v) is 4.53. The average molecular weight is 483 g/mol. The SMILES string of the molecule is CCNC(=O)Nc1ccc(-c2nc3c(c(N4CCOCC4C)n2)CCN(CCC(C)(C)O)C3)cc1. The van der Waals surface area contributed by atoms with Crippen LogP contribution in [0.1, 0.15) is 45.4 Å². The monoisotopic (exact) mass is 482 g/mol. The second-order valence-electron chi connectivity index (χ2n) is 10.1. The molecule has 1 unspecified atom stereocenters. The summed E-state index contributed by atoms with van der Waals surface area (Å²) in [4.78, 5) is 26.6. The number of aromatic nitrogens is 2. The molecule has 1 saturated heterocycles. The topological polar surface area (TPSA) is 103 Å². The van der Waals surface area contributed by atoms with Crippen LogP contribution in [-0.4, -0.2) is 77.0 Å². The van der Waals surface area contributed by atoms with Gasteiger partial charge in [-0.3, -0.25) is 4.90 Å². The molecule has 0 saturated carbocycles. The summed E-state index contributed by atoms with van der Waals surface area (Å²) in [5, 5.41) is 15.8. The van der Waals surface area contributed by atoms with E-state index >= 15 is 0 Å². The minimum Gasteiger partial charge on any atom is -0.390 e. The maximum absolute atomic E-state index is 11.8. The first-order valence-electron chi connectivity index (χ1n) is 12.6. The maximum Gasteiger partial charge on any atom is 0.319 e. The van der Waals surface area contributed by atoms with Crippen molar-refractivity contribution in [2.24, 2.45) is 0 Å². The fourth-order valence-electron chi connectivity index (χ4n) is 4.53. The Hall–Kier alpha value is -2.75. The van der Waals surface area contributed by atoms with Crippen molar-refractivity contribution in [2.75, 3.05) is 49.6 Å². The summed E-state index contributed by atoms with van der Waals surface area (Å²) in [7, 11) is 0. The molecule has 1 fully saturated rings. The quantitative estimate of drug-likeness (QED) is 0.557. The van der Waals surface area contributed by atoms with Crippen molar-refractivity contribution in [3.8, 4) is 11.4 Å². The largest absolute Gasteiger partial charge is 0.390 e. The van der Waals surface area contributed by atoms with Gasteiger partial charge in [-0.2, -0.15) is 0 Å². The minimum atomic E-state index is -0.685. The number of nitrogens with one attached hydrogen (secondary N) is 2. The van der Waals surface area contributed by atoms with Gasteiger partial charge in [-0.25, -0.2) is 14.8 Å². The van der Waals surface area contributed by atoms with Crippen LogP contribution in [0.4, 0.5) is 16.3 Å². The van der Waals surface area contributed by atoms with E-state index in [1.54, 1.807) is 0 Å². The van der Waals surface area contributed by atoms with Crippen molar-refractivity contribution in [2.45, 2.75) is 58.7 Å². The number of urea groups is 1. The number of carbonyl (C=O) groups is 1. The molecule has 3 heterocycles. The van der Waals surface area contributed by atoms with Gasteiger partial charge in [0.05, 0.1) is 30.6 Å². The van der Waals surface area contributed by atoms with Crippen LogP contribution in [0, 0.1) is 0 Å². The van der Waals surface area contributed by atoms with Gasteiger partial charge < -0.3 is 25.4 Å². The lowest BCUT2D eigenvalue weighted by molar-refractivity contribution is 0.0555. The highest BCUT2D eigenvalue weighted by Gasteiger charge is 2.29. The Morgan fingerprint density at radius 2 is 2.00 bits per heavy atom. The number of aliphatic hydroxyl groups is 1. The fraction of sp³-hybridized carbons (Fsp3) is 0.577. The molecule has 3 N–H and O–H groups in total. The lowest BCUT2D eigenvalue weighted by Crippen LogP contribution is -2.45. The van der Waals surface area contributed by atoms with E-state index in [9.17, 15) is 9.90 Å². The Kier molecular flexibility index (Phi) is 7.88. The molecule has 1 atom stereocenters. The summed E-state index contributed by atoms with van der Waals surface area (Å²) in [6.07, 6.45) is 1.60. The second-order valence-corrected chi connectivity index (χ2v) is 10.1. The van der Waals surface area contributed by atoms with Gasteiger partial charge in [-0.05, 0) is 64.8 Å². The van der Waals surface area contributed by atoms with Crippen LogP contribution in [-0.2, 0) is 17.7 Å². The summed E-state index contributed by atoms with van der Waals surface area (Å²) < 4.78 is 5.68. The van der Waals surface area contributed by atoms with Gasteiger partial charge in [0.2, 0.25) is 0 Å².